The van der Waals surface area contributed by atoms with Gasteiger partial charge in [-0.15, -0.1) is 11.3 Å². The summed E-state index contributed by atoms with van der Waals surface area (Å²) in [5.74, 6) is -0.222. The van der Waals surface area contributed by atoms with Gasteiger partial charge in [0.25, 0.3) is 5.91 Å². The van der Waals surface area contributed by atoms with Gasteiger partial charge in [0.05, 0.1) is 16.7 Å². The first kappa shape index (κ1) is 24.5. The molecule has 3 aromatic carbocycles. The van der Waals surface area contributed by atoms with Crippen molar-refractivity contribution < 1.29 is 18.7 Å². The maximum absolute atomic E-state index is 13.5. The van der Waals surface area contributed by atoms with Crippen LogP contribution < -0.4 is 10.5 Å². The highest BCUT2D eigenvalue weighted by Gasteiger charge is 2.18. The van der Waals surface area contributed by atoms with Gasteiger partial charge in [-0.05, 0) is 54.4 Å². The van der Waals surface area contributed by atoms with Gasteiger partial charge in [0.15, 0.2) is 12.5 Å². The molecular formula is C28H23FN4O3S. The minimum Gasteiger partial charge on any atom is -0.467 e. The lowest BCUT2D eigenvalue weighted by atomic mass is 10.0. The number of primary amides is 1. The summed E-state index contributed by atoms with van der Waals surface area (Å²) >= 11 is 1.50. The Hall–Kier alpha value is -4.21. The molecule has 9 heteroatoms. The van der Waals surface area contributed by atoms with Gasteiger partial charge >= 0.3 is 0 Å². The molecule has 0 atom stereocenters. The van der Waals surface area contributed by atoms with Gasteiger partial charge in [-0.1, -0.05) is 24.3 Å². The van der Waals surface area contributed by atoms with Crippen LogP contribution in [0.5, 0.6) is 5.75 Å². The van der Waals surface area contributed by atoms with Crippen molar-refractivity contribution in [1.29, 1.82) is 0 Å². The number of halogens is 1. The van der Waals surface area contributed by atoms with Crippen molar-refractivity contribution in [3.8, 4) is 27.4 Å². The highest BCUT2D eigenvalue weighted by Crippen LogP contribution is 2.32. The smallest absolute Gasteiger partial charge is 0.269 e. The van der Waals surface area contributed by atoms with E-state index in [1.807, 2.05) is 37.3 Å². The summed E-state index contributed by atoms with van der Waals surface area (Å²) in [6, 6.07) is 17.5. The van der Waals surface area contributed by atoms with Gasteiger partial charge in [-0.2, -0.15) is 0 Å². The Morgan fingerprint density at radius 3 is 2.57 bits per heavy atom. The van der Waals surface area contributed by atoms with E-state index in [9.17, 15) is 9.18 Å². The van der Waals surface area contributed by atoms with Gasteiger partial charge in [0.1, 0.15) is 16.6 Å². The van der Waals surface area contributed by atoms with Crippen LogP contribution >= 0.6 is 11.3 Å². The molecule has 0 spiro atoms. The summed E-state index contributed by atoms with van der Waals surface area (Å²) in [7, 11) is 1.58. The van der Waals surface area contributed by atoms with Crippen LogP contribution in [0.3, 0.4) is 0 Å². The topological polar surface area (TPSA) is 100 Å². The maximum atomic E-state index is 13.5. The quantitative estimate of drug-likeness (QED) is 0.273. The van der Waals surface area contributed by atoms with Gasteiger partial charge < -0.3 is 15.2 Å². The molecule has 0 saturated heterocycles. The summed E-state index contributed by atoms with van der Waals surface area (Å²) in [4.78, 5) is 27.1. The van der Waals surface area contributed by atoms with Crippen LogP contribution in [0.1, 0.15) is 26.6 Å². The summed E-state index contributed by atoms with van der Waals surface area (Å²) < 4.78 is 24.0. The normalized spacial score (nSPS) is 11.1. The third-order valence-corrected chi connectivity index (χ3v) is 6.85. The van der Waals surface area contributed by atoms with Crippen molar-refractivity contribution in [3.63, 3.8) is 0 Å². The number of rotatable bonds is 8. The second-order valence-corrected chi connectivity index (χ2v) is 9.52. The Morgan fingerprint density at radius 1 is 1.05 bits per heavy atom. The molecule has 0 radical (unpaired) electrons. The van der Waals surface area contributed by atoms with Crippen LogP contribution in [0.2, 0.25) is 0 Å². The van der Waals surface area contributed by atoms with E-state index in [0.29, 0.717) is 23.1 Å². The van der Waals surface area contributed by atoms with Crippen LogP contribution in [0.4, 0.5) is 4.39 Å². The average molecular weight is 515 g/mol. The van der Waals surface area contributed by atoms with Crippen LogP contribution in [0.25, 0.3) is 32.7 Å². The summed E-state index contributed by atoms with van der Waals surface area (Å²) in [5, 5.41) is 0.831. The molecule has 37 heavy (non-hydrogen) atoms. The zero-order chi connectivity index (χ0) is 25.9. The molecule has 2 aromatic heterocycles. The number of carbonyl (C=O) groups is 1. The standard InChI is InChI=1S/C28H23FN4O3S/c1-16-12-18(8-11-24(16)36-15-35-2)28-31-14-20(37-28)13-23-26(27(30)34)32-22-5-3-4-21(25(22)33-23)17-6-9-19(29)10-7-17/h3-12,14H,13,15H2,1-2H3,(H2,30,34). The fraction of sp³-hybridized carbons (Fsp3) is 0.143. The zero-order valence-corrected chi connectivity index (χ0v) is 21.0. The lowest BCUT2D eigenvalue weighted by molar-refractivity contribution is 0.0506. The van der Waals surface area contributed by atoms with E-state index in [0.717, 1.165) is 37.9 Å². The molecule has 2 N–H and O–H groups in total. The first-order valence-electron chi connectivity index (χ1n) is 11.5. The number of nitrogens with two attached hydrogens (primary N) is 1. The summed E-state index contributed by atoms with van der Waals surface area (Å²) in [6.07, 6.45) is 2.11. The Kier molecular flexibility index (Phi) is 6.89. The Morgan fingerprint density at radius 2 is 1.84 bits per heavy atom. The molecular weight excluding hydrogens is 491 g/mol. The lowest BCUT2D eigenvalue weighted by Gasteiger charge is -2.10. The molecule has 5 rings (SSSR count). The highest BCUT2D eigenvalue weighted by atomic mass is 32.1. The van der Waals surface area contributed by atoms with Gasteiger partial charge in [-0.25, -0.2) is 19.3 Å². The highest BCUT2D eigenvalue weighted by molar-refractivity contribution is 7.15. The number of methoxy groups -OCH3 is 1. The van der Waals surface area contributed by atoms with E-state index in [1.54, 1.807) is 31.5 Å². The molecule has 186 valence electrons. The number of para-hydroxylation sites is 1. The Labute approximate surface area is 216 Å². The Balaban J connectivity index is 1.50. The molecule has 0 aliphatic carbocycles. The van der Waals surface area contributed by atoms with Crippen LogP contribution in [-0.4, -0.2) is 34.8 Å². The molecule has 0 saturated carbocycles. The second kappa shape index (κ2) is 10.4. The number of fused-ring (bicyclic) bond motifs is 1. The number of hydrogen-bond acceptors (Lipinski definition) is 7. The van der Waals surface area contributed by atoms with Crippen molar-refractivity contribution in [2.45, 2.75) is 13.3 Å². The number of nitrogens with zero attached hydrogens (tertiary/aromatic N) is 3. The van der Waals surface area contributed by atoms with E-state index in [2.05, 4.69) is 9.97 Å². The number of carbonyl (C=O) groups excluding carboxylic acids is 1. The van der Waals surface area contributed by atoms with Gasteiger partial charge in [-0.3, -0.25) is 4.79 Å². The number of thiazole rings is 1. The largest absolute Gasteiger partial charge is 0.467 e. The van der Waals surface area contributed by atoms with Crippen LogP contribution in [-0.2, 0) is 11.2 Å². The number of ether oxygens (including phenoxy) is 2. The molecule has 0 unspecified atom stereocenters. The van der Waals surface area contributed by atoms with E-state index in [1.165, 1.54) is 23.5 Å². The average Bonchev–Trinajstić information content (AvgIpc) is 3.36. The SMILES string of the molecule is COCOc1ccc(-c2ncc(Cc3nc4c(-c5ccc(F)cc5)cccc4nc3C(N)=O)s2)cc1C. The summed E-state index contributed by atoms with van der Waals surface area (Å²) in [6.45, 7) is 2.14. The first-order chi connectivity index (χ1) is 17.9. The van der Waals surface area contributed by atoms with E-state index in [4.69, 9.17) is 20.2 Å². The number of amides is 1. The molecule has 7 nitrogen and oxygen atoms in total. The fourth-order valence-electron chi connectivity index (χ4n) is 4.05. The molecule has 0 aliphatic heterocycles. The van der Waals surface area contributed by atoms with Crippen molar-refractivity contribution in [2.24, 2.45) is 5.73 Å². The third-order valence-electron chi connectivity index (χ3n) is 5.81. The molecule has 0 bridgehead atoms. The molecule has 5 aromatic rings. The minimum atomic E-state index is -0.649. The summed E-state index contributed by atoms with van der Waals surface area (Å²) in [5.41, 5.74) is 10.9. The maximum Gasteiger partial charge on any atom is 0.269 e. The number of aryl methyl sites for hydroxylation is 1. The monoisotopic (exact) mass is 514 g/mol. The van der Waals surface area contributed by atoms with Crippen LogP contribution in [0, 0.1) is 12.7 Å². The van der Waals surface area contributed by atoms with Crippen molar-refractivity contribution in [1.82, 2.24) is 15.0 Å². The van der Waals surface area contributed by atoms with Crippen molar-refractivity contribution in [3.05, 3.63) is 94.5 Å². The molecule has 2 heterocycles. The second-order valence-electron chi connectivity index (χ2n) is 8.40. The molecule has 1 amide bonds. The zero-order valence-electron chi connectivity index (χ0n) is 20.2. The lowest BCUT2D eigenvalue weighted by Crippen LogP contribution is -2.17. The van der Waals surface area contributed by atoms with Gasteiger partial charge in [0.2, 0.25) is 0 Å². The Bertz CT molecular complexity index is 1600. The number of aromatic nitrogens is 3. The van der Waals surface area contributed by atoms with E-state index >= 15 is 0 Å². The number of hydrogen-bond donors (Lipinski definition) is 1. The van der Waals surface area contributed by atoms with E-state index in [-0.39, 0.29) is 18.3 Å². The number of benzene rings is 3. The molecule has 0 aliphatic rings. The fourth-order valence-corrected chi connectivity index (χ4v) is 4.96. The van der Waals surface area contributed by atoms with E-state index < -0.39 is 5.91 Å². The minimum absolute atomic E-state index is 0.120. The predicted octanol–water partition coefficient (Wildman–Crippen LogP) is 5.54. The predicted molar refractivity (Wildman–Crippen MR) is 141 cm³/mol. The van der Waals surface area contributed by atoms with Gasteiger partial charge in [0, 0.05) is 35.7 Å². The van der Waals surface area contributed by atoms with Crippen molar-refractivity contribution >= 4 is 28.3 Å². The molecule has 0 fully saturated rings. The van der Waals surface area contributed by atoms with Crippen molar-refractivity contribution in [2.75, 3.05) is 13.9 Å². The first-order valence-corrected chi connectivity index (χ1v) is 12.3. The third kappa shape index (κ3) is 5.18. The van der Waals surface area contributed by atoms with Crippen LogP contribution in [0.15, 0.2) is 66.9 Å².